The van der Waals surface area contributed by atoms with Gasteiger partial charge in [-0.3, -0.25) is 4.72 Å². The minimum atomic E-state index is -3.86. The highest BCUT2D eigenvalue weighted by Crippen LogP contribution is 2.22. The first-order chi connectivity index (χ1) is 14.6. The molecule has 3 aromatic rings. The molecule has 0 unspecified atom stereocenters. The van der Waals surface area contributed by atoms with Crippen LogP contribution in [0.3, 0.4) is 0 Å². The zero-order valence-electron chi connectivity index (χ0n) is 16.6. The fourth-order valence-electron chi connectivity index (χ4n) is 2.58. The average Bonchev–Trinajstić information content (AvgIpc) is 2.74. The molecule has 2 aromatic carbocycles. The molecule has 0 atom stereocenters. The van der Waals surface area contributed by atoms with Crippen molar-refractivity contribution in [2.45, 2.75) is 16.8 Å². The van der Waals surface area contributed by atoms with E-state index >= 15 is 0 Å². The number of aromatic nitrogens is 2. The largest absolute Gasteiger partial charge is 0.462 e. The van der Waals surface area contributed by atoms with Gasteiger partial charge in [0.2, 0.25) is 0 Å². The fourth-order valence-corrected chi connectivity index (χ4v) is 4.14. The molecule has 0 radical (unpaired) electrons. The van der Waals surface area contributed by atoms with Gasteiger partial charge in [0, 0.05) is 17.5 Å². The normalized spacial score (nSPS) is 11.7. The van der Waals surface area contributed by atoms with Gasteiger partial charge >= 0.3 is 5.97 Å². The van der Waals surface area contributed by atoms with Gasteiger partial charge in [-0.2, -0.15) is 0 Å². The van der Waals surface area contributed by atoms with Gasteiger partial charge < -0.3 is 4.74 Å². The van der Waals surface area contributed by atoms with Gasteiger partial charge in [-0.05, 0) is 55.5 Å². The van der Waals surface area contributed by atoms with E-state index in [4.69, 9.17) is 4.74 Å². The summed E-state index contributed by atoms with van der Waals surface area (Å²) in [7, 11) is -7.31. The lowest BCUT2D eigenvalue weighted by atomic mass is 10.1. The number of ether oxygens (including phenoxy) is 1. The highest BCUT2D eigenvalue weighted by molar-refractivity contribution is 7.92. The summed E-state index contributed by atoms with van der Waals surface area (Å²) in [5.74, 6) is -0.525. The minimum Gasteiger partial charge on any atom is -0.462 e. The van der Waals surface area contributed by atoms with Crippen molar-refractivity contribution in [3.63, 3.8) is 0 Å². The van der Waals surface area contributed by atoms with E-state index in [1.54, 1.807) is 31.2 Å². The predicted octanol–water partition coefficient (Wildman–Crippen LogP) is 2.52. The molecule has 0 spiro atoms. The van der Waals surface area contributed by atoms with Crippen molar-refractivity contribution >= 4 is 31.5 Å². The van der Waals surface area contributed by atoms with Gasteiger partial charge in [-0.1, -0.05) is 12.1 Å². The van der Waals surface area contributed by atoms with E-state index in [2.05, 4.69) is 14.9 Å². The number of anilines is 1. The molecule has 1 heterocycles. The minimum absolute atomic E-state index is 0.00754. The van der Waals surface area contributed by atoms with E-state index in [9.17, 15) is 21.6 Å². The van der Waals surface area contributed by atoms with Crippen LogP contribution in [0, 0.1) is 0 Å². The van der Waals surface area contributed by atoms with Crippen LogP contribution in [0.2, 0.25) is 0 Å². The standard InChI is InChI=1S/C20H19N3O6S2/c1-3-29-20(24)15-6-10-17(11-7-15)31(27,28)23-16-8-4-14(5-9-16)18-12-13-19(22-21-18)30(2,25)26/h4-13,23H,3H2,1-2H3. The number of esters is 1. The first-order valence-electron chi connectivity index (χ1n) is 9.04. The maximum absolute atomic E-state index is 12.6. The smallest absolute Gasteiger partial charge is 0.338 e. The number of rotatable bonds is 7. The highest BCUT2D eigenvalue weighted by Gasteiger charge is 2.16. The average molecular weight is 462 g/mol. The number of hydrogen-bond donors (Lipinski definition) is 1. The molecule has 0 amide bonds. The molecule has 11 heteroatoms. The number of carbonyl (C=O) groups excluding carboxylic acids is 1. The second-order valence-electron chi connectivity index (χ2n) is 6.46. The molecule has 31 heavy (non-hydrogen) atoms. The Morgan fingerprint density at radius 1 is 0.903 bits per heavy atom. The Kier molecular flexibility index (Phi) is 6.37. The lowest BCUT2D eigenvalue weighted by Gasteiger charge is -2.09. The van der Waals surface area contributed by atoms with Crippen molar-refractivity contribution in [2.75, 3.05) is 17.6 Å². The number of carbonyl (C=O) groups is 1. The maximum atomic E-state index is 12.6. The third-order valence-corrected chi connectivity index (χ3v) is 6.50. The molecule has 0 saturated heterocycles. The number of sulfonamides is 1. The summed E-state index contributed by atoms with van der Waals surface area (Å²) in [5, 5.41) is 7.46. The van der Waals surface area contributed by atoms with E-state index in [0.717, 1.165) is 6.26 Å². The summed E-state index contributed by atoms with van der Waals surface area (Å²) in [4.78, 5) is 11.7. The molecule has 1 aromatic heterocycles. The van der Waals surface area contributed by atoms with Crippen LogP contribution in [-0.4, -0.2) is 45.9 Å². The first-order valence-corrected chi connectivity index (χ1v) is 12.4. The second-order valence-corrected chi connectivity index (χ2v) is 10.1. The third-order valence-electron chi connectivity index (χ3n) is 4.13. The van der Waals surface area contributed by atoms with Crippen LogP contribution in [0.4, 0.5) is 5.69 Å². The number of sulfone groups is 1. The van der Waals surface area contributed by atoms with Gasteiger partial charge in [0.25, 0.3) is 10.0 Å². The van der Waals surface area contributed by atoms with Crippen molar-refractivity contribution in [1.82, 2.24) is 10.2 Å². The van der Waals surface area contributed by atoms with Crippen molar-refractivity contribution in [3.05, 3.63) is 66.2 Å². The van der Waals surface area contributed by atoms with Gasteiger partial charge in [-0.25, -0.2) is 21.6 Å². The second kappa shape index (κ2) is 8.82. The van der Waals surface area contributed by atoms with Crippen LogP contribution in [-0.2, 0) is 24.6 Å². The lowest BCUT2D eigenvalue weighted by molar-refractivity contribution is 0.0526. The molecule has 0 saturated carbocycles. The zero-order valence-corrected chi connectivity index (χ0v) is 18.3. The summed E-state index contributed by atoms with van der Waals surface area (Å²) < 4.78 is 55.4. The Morgan fingerprint density at radius 3 is 2.06 bits per heavy atom. The molecule has 0 aliphatic rings. The quantitative estimate of drug-likeness (QED) is 0.531. The fraction of sp³-hybridized carbons (Fsp3) is 0.150. The summed E-state index contributed by atoms with van der Waals surface area (Å²) in [6.45, 7) is 1.91. The molecule has 9 nitrogen and oxygen atoms in total. The summed E-state index contributed by atoms with van der Waals surface area (Å²) in [6.07, 6.45) is 1.04. The lowest BCUT2D eigenvalue weighted by Crippen LogP contribution is -2.13. The van der Waals surface area contributed by atoms with E-state index in [1.165, 1.54) is 36.4 Å². The molecule has 0 aliphatic carbocycles. The Balaban J connectivity index is 1.75. The Morgan fingerprint density at radius 2 is 1.55 bits per heavy atom. The maximum Gasteiger partial charge on any atom is 0.338 e. The van der Waals surface area contributed by atoms with Crippen LogP contribution in [0.15, 0.2) is 70.6 Å². The number of benzene rings is 2. The summed E-state index contributed by atoms with van der Waals surface area (Å²) >= 11 is 0. The Labute approximate surface area is 180 Å². The molecular weight excluding hydrogens is 442 g/mol. The molecule has 0 fully saturated rings. The van der Waals surface area contributed by atoms with Crippen LogP contribution < -0.4 is 4.72 Å². The van der Waals surface area contributed by atoms with Gasteiger partial charge in [-0.15, -0.1) is 10.2 Å². The molecular formula is C20H19N3O6S2. The number of hydrogen-bond acceptors (Lipinski definition) is 8. The number of nitrogens with zero attached hydrogens (tertiary/aromatic N) is 2. The molecule has 3 rings (SSSR count). The van der Waals surface area contributed by atoms with Crippen molar-refractivity contribution in [1.29, 1.82) is 0 Å². The third kappa shape index (κ3) is 5.44. The van der Waals surface area contributed by atoms with Crippen LogP contribution in [0.5, 0.6) is 0 Å². The molecule has 1 N–H and O–H groups in total. The number of nitrogens with one attached hydrogen (secondary N) is 1. The van der Waals surface area contributed by atoms with Gasteiger partial charge in [0.15, 0.2) is 14.9 Å². The first kappa shape index (κ1) is 22.4. The monoisotopic (exact) mass is 461 g/mol. The van der Waals surface area contributed by atoms with Gasteiger partial charge in [0.1, 0.15) is 0 Å². The Hall–Kier alpha value is -3.31. The van der Waals surface area contributed by atoms with Crippen molar-refractivity contribution < 1.29 is 26.4 Å². The van der Waals surface area contributed by atoms with E-state index in [1.807, 2.05) is 0 Å². The topological polar surface area (TPSA) is 132 Å². The summed E-state index contributed by atoms with van der Waals surface area (Å²) in [5.41, 5.74) is 1.65. The van der Waals surface area contributed by atoms with Crippen molar-refractivity contribution in [3.8, 4) is 11.3 Å². The van der Waals surface area contributed by atoms with Crippen LogP contribution >= 0.6 is 0 Å². The van der Waals surface area contributed by atoms with Crippen LogP contribution in [0.25, 0.3) is 11.3 Å². The van der Waals surface area contributed by atoms with Crippen molar-refractivity contribution in [2.24, 2.45) is 0 Å². The highest BCUT2D eigenvalue weighted by atomic mass is 32.2. The SMILES string of the molecule is CCOC(=O)c1ccc(S(=O)(=O)Nc2ccc(-c3ccc(S(C)(=O)=O)nn3)cc2)cc1. The molecule has 0 aliphatic heterocycles. The van der Waals surface area contributed by atoms with E-state index in [-0.39, 0.29) is 22.1 Å². The predicted molar refractivity (Wildman–Crippen MR) is 114 cm³/mol. The van der Waals surface area contributed by atoms with Crippen LogP contribution in [0.1, 0.15) is 17.3 Å². The zero-order chi connectivity index (χ0) is 22.6. The molecule has 162 valence electrons. The molecule has 0 bridgehead atoms. The Bertz CT molecular complexity index is 1290. The van der Waals surface area contributed by atoms with Gasteiger partial charge in [0.05, 0.1) is 22.8 Å². The summed E-state index contributed by atoms with van der Waals surface area (Å²) in [6, 6.07) is 14.6. The van der Waals surface area contributed by atoms with E-state index in [0.29, 0.717) is 16.9 Å². The van der Waals surface area contributed by atoms with E-state index < -0.39 is 25.8 Å².